The van der Waals surface area contributed by atoms with Gasteiger partial charge in [0.25, 0.3) is 0 Å². The number of carbonyl (C=O) groups excluding carboxylic acids is 1. The molecule has 0 bridgehead atoms. The van der Waals surface area contributed by atoms with Crippen LogP contribution in [0.25, 0.3) is 0 Å². The average Bonchev–Trinajstić information content (AvgIpc) is 2.53. The number of pyridine rings is 1. The Balaban J connectivity index is 2.60. The highest BCUT2D eigenvalue weighted by atomic mass is 35.5. The zero-order chi connectivity index (χ0) is 20.4. The molecule has 2 rings (SSSR count). The van der Waals surface area contributed by atoms with E-state index in [0.717, 1.165) is 12.1 Å². The van der Waals surface area contributed by atoms with Crippen molar-refractivity contribution in [3.63, 3.8) is 0 Å². The maximum Gasteiger partial charge on any atom is 0.416 e. The number of hydrogen-bond acceptors (Lipinski definition) is 2. The van der Waals surface area contributed by atoms with E-state index in [0.29, 0.717) is 11.1 Å². The predicted octanol–water partition coefficient (Wildman–Crippen LogP) is 4.86. The number of alkyl halides is 3. The van der Waals surface area contributed by atoms with Gasteiger partial charge in [0.2, 0.25) is 0 Å². The van der Waals surface area contributed by atoms with Crippen LogP contribution in [0.5, 0.6) is 0 Å². The first-order valence-electron chi connectivity index (χ1n) is 8.01. The second-order valence-electron chi connectivity index (χ2n) is 6.47. The topological polar surface area (TPSA) is 54.0 Å². The molecule has 0 radical (unpaired) electrons. The average molecular weight is 404 g/mol. The van der Waals surface area contributed by atoms with Crippen molar-refractivity contribution in [2.75, 3.05) is 0 Å². The summed E-state index contributed by atoms with van der Waals surface area (Å²) >= 11 is 5.82. The van der Waals surface area contributed by atoms with Crippen LogP contribution >= 0.6 is 11.6 Å². The SMILES string of the molecule is CC(C)NC(=O)N[C@](C)(c1cc(F)cc(C(F)(F)F)c1)c1ccc(Cl)cn1. The Hall–Kier alpha value is -2.35. The zero-order valence-corrected chi connectivity index (χ0v) is 15.5. The van der Waals surface area contributed by atoms with Crippen molar-refractivity contribution in [3.05, 3.63) is 64.2 Å². The number of amides is 2. The molecule has 0 aliphatic heterocycles. The van der Waals surface area contributed by atoms with Crippen molar-refractivity contribution in [2.45, 2.75) is 38.5 Å². The molecule has 1 aromatic carbocycles. The Kier molecular flexibility index (Phi) is 5.99. The lowest BCUT2D eigenvalue weighted by atomic mass is 9.87. The summed E-state index contributed by atoms with van der Waals surface area (Å²) in [5, 5.41) is 5.49. The van der Waals surface area contributed by atoms with Gasteiger partial charge in [-0.05, 0) is 56.7 Å². The minimum absolute atomic E-state index is 0.108. The Morgan fingerprint density at radius 3 is 2.30 bits per heavy atom. The van der Waals surface area contributed by atoms with E-state index in [2.05, 4.69) is 15.6 Å². The van der Waals surface area contributed by atoms with Crippen molar-refractivity contribution >= 4 is 17.6 Å². The number of aromatic nitrogens is 1. The summed E-state index contributed by atoms with van der Waals surface area (Å²) in [6.07, 6.45) is -3.45. The van der Waals surface area contributed by atoms with Gasteiger partial charge in [0, 0.05) is 12.2 Å². The van der Waals surface area contributed by atoms with E-state index in [9.17, 15) is 22.4 Å². The number of halogens is 5. The van der Waals surface area contributed by atoms with Gasteiger partial charge in [-0.3, -0.25) is 4.98 Å². The number of nitrogens with one attached hydrogen (secondary N) is 2. The first-order chi connectivity index (χ1) is 12.4. The lowest BCUT2D eigenvalue weighted by Gasteiger charge is -2.32. The Morgan fingerprint density at radius 2 is 1.78 bits per heavy atom. The van der Waals surface area contributed by atoms with E-state index in [1.165, 1.54) is 25.3 Å². The van der Waals surface area contributed by atoms with Gasteiger partial charge in [0.15, 0.2) is 0 Å². The first-order valence-corrected chi connectivity index (χ1v) is 8.38. The molecule has 0 fully saturated rings. The van der Waals surface area contributed by atoms with E-state index in [-0.39, 0.29) is 17.3 Å². The molecule has 0 aliphatic rings. The minimum atomic E-state index is -4.74. The van der Waals surface area contributed by atoms with E-state index in [4.69, 9.17) is 11.6 Å². The fourth-order valence-corrected chi connectivity index (χ4v) is 2.63. The van der Waals surface area contributed by atoms with E-state index >= 15 is 0 Å². The molecule has 1 aromatic heterocycles. The molecule has 0 aliphatic carbocycles. The van der Waals surface area contributed by atoms with Gasteiger partial charge in [0.1, 0.15) is 11.4 Å². The van der Waals surface area contributed by atoms with Gasteiger partial charge in [-0.25, -0.2) is 9.18 Å². The molecule has 0 unspecified atom stereocenters. The van der Waals surface area contributed by atoms with Crippen LogP contribution in [0.4, 0.5) is 22.4 Å². The molecule has 1 atom stereocenters. The maximum atomic E-state index is 13.9. The predicted molar refractivity (Wildman–Crippen MR) is 93.9 cm³/mol. The minimum Gasteiger partial charge on any atom is -0.336 e. The van der Waals surface area contributed by atoms with Gasteiger partial charge in [-0.2, -0.15) is 13.2 Å². The van der Waals surface area contributed by atoms with Crippen LogP contribution in [-0.4, -0.2) is 17.1 Å². The number of hydrogen-bond donors (Lipinski definition) is 2. The summed E-state index contributed by atoms with van der Waals surface area (Å²) in [7, 11) is 0. The number of nitrogens with zero attached hydrogens (tertiary/aromatic N) is 1. The molecule has 4 nitrogen and oxygen atoms in total. The molecule has 146 valence electrons. The normalized spacial score (nSPS) is 14.0. The van der Waals surface area contributed by atoms with Crippen molar-refractivity contribution in [1.82, 2.24) is 15.6 Å². The third-order valence-electron chi connectivity index (χ3n) is 3.83. The van der Waals surface area contributed by atoms with E-state index in [1.807, 2.05) is 0 Å². The smallest absolute Gasteiger partial charge is 0.336 e. The second-order valence-corrected chi connectivity index (χ2v) is 6.90. The molecule has 2 N–H and O–H groups in total. The standard InChI is InChI=1S/C18H18ClF4N3O/c1-10(2)25-16(27)26-17(3,15-5-4-13(19)9-24-15)11-6-12(18(21,22)23)8-14(20)7-11/h4-10H,1-3H3,(H2,25,26,27)/t17-/m1/s1. The van der Waals surface area contributed by atoms with Crippen molar-refractivity contribution in [2.24, 2.45) is 0 Å². The summed E-state index contributed by atoms with van der Waals surface area (Å²) in [4.78, 5) is 16.4. The number of urea groups is 1. The van der Waals surface area contributed by atoms with Crippen LogP contribution in [0, 0.1) is 5.82 Å². The molecule has 27 heavy (non-hydrogen) atoms. The number of benzene rings is 1. The van der Waals surface area contributed by atoms with Crippen LogP contribution in [-0.2, 0) is 11.7 Å². The second kappa shape index (κ2) is 7.72. The highest BCUT2D eigenvalue weighted by Gasteiger charge is 2.37. The third-order valence-corrected chi connectivity index (χ3v) is 4.05. The summed E-state index contributed by atoms with van der Waals surface area (Å²) < 4.78 is 53.3. The molecule has 9 heteroatoms. The quantitative estimate of drug-likeness (QED) is 0.716. The first kappa shape index (κ1) is 21.0. The Bertz CT molecular complexity index is 824. The van der Waals surface area contributed by atoms with Crippen LogP contribution in [0.15, 0.2) is 36.5 Å². The van der Waals surface area contributed by atoms with Crippen molar-refractivity contribution < 1.29 is 22.4 Å². The summed E-state index contributed by atoms with van der Waals surface area (Å²) in [6, 6.07) is 4.20. The summed E-state index contributed by atoms with van der Waals surface area (Å²) in [6.45, 7) is 4.89. The lowest BCUT2D eigenvalue weighted by molar-refractivity contribution is -0.137. The third kappa shape index (κ3) is 5.09. The largest absolute Gasteiger partial charge is 0.416 e. The summed E-state index contributed by atoms with van der Waals surface area (Å²) in [5.74, 6) is -1.08. The molecular weight excluding hydrogens is 386 g/mol. The summed E-state index contributed by atoms with van der Waals surface area (Å²) in [5.41, 5.74) is -2.61. The van der Waals surface area contributed by atoms with Crippen molar-refractivity contribution in [1.29, 1.82) is 0 Å². The molecule has 2 aromatic rings. The lowest BCUT2D eigenvalue weighted by Crippen LogP contribution is -2.51. The van der Waals surface area contributed by atoms with Crippen LogP contribution in [0.3, 0.4) is 0 Å². The highest BCUT2D eigenvalue weighted by Crippen LogP contribution is 2.35. The zero-order valence-electron chi connectivity index (χ0n) is 14.8. The van der Waals surface area contributed by atoms with Crippen molar-refractivity contribution in [3.8, 4) is 0 Å². The van der Waals surface area contributed by atoms with Gasteiger partial charge in [-0.15, -0.1) is 0 Å². The maximum absolute atomic E-state index is 13.9. The molecule has 0 saturated heterocycles. The van der Waals surface area contributed by atoms with Crippen LogP contribution in [0.2, 0.25) is 5.02 Å². The molecule has 0 spiro atoms. The molecule has 2 amide bonds. The highest BCUT2D eigenvalue weighted by molar-refractivity contribution is 6.30. The molecule has 1 heterocycles. The van der Waals surface area contributed by atoms with Gasteiger partial charge >= 0.3 is 12.2 Å². The van der Waals surface area contributed by atoms with Crippen LogP contribution in [0.1, 0.15) is 37.6 Å². The number of carbonyl (C=O) groups is 1. The van der Waals surface area contributed by atoms with Gasteiger partial charge < -0.3 is 10.6 Å². The molecule has 0 saturated carbocycles. The van der Waals surface area contributed by atoms with Gasteiger partial charge in [0.05, 0.1) is 16.3 Å². The van der Waals surface area contributed by atoms with E-state index in [1.54, 1.807) is 13.8 Å². The fraction of sp³-hybridized carbons (Fsp3) is 0.333. The fourth-order valence-electron chi connectivity index (χ4n) is 2.52. The Labute approximate surface area is 158 Å². The molecular formula is C18H18ClF4N3O. The van der Waals surface area contributed by atoms with Gasteiger partial charge in [-0.1, -0.05) is 11.6 Å². The monoisotopic (exact) mass is 403 g/mol. The Morgan fingerprint density at radius 1 is 1.15 bits per heavy atom. The van der Waals surface area contributed by atoms with E-state index < -0.39 is 29.1 Å². The number of rotatable bonds is 4. The van der Waals surface area contributed by atoms with Crippen LogP contribution < -0.4 is 10.6 Å².